The van der Waals surface area contributed by atoms with Crippen LogP contribution in [-0.4, -0.2) is 73.6 Å². The van der Waals surface area contributed by atoms with Crippen molar-refractivity contribution in [3.8, 4) is 0 Å². The standard InChI is InChI=1S/3C16H20N.Nd/c3*1-4-11-17(12-5-1)13-10-15-9-8-14-6-2-3-7-16(14)15;/h3*2-3,6-9H,1,4-5,10-13H2;/q;;;+3. The molecule has 3 aliphatic carbocycles. The van der Waals surface area contributed by atoms with E-state index in [1.165, 1.54) is 187 Å². The molecule has 268 valence electrons. The molecule has 3 aromatic carbocycles. The summed E-state index contributed by atoms with van der Waals surface area (Å²) in [5.41, 5.74) is 8.52. The normalized spacial score (nSPS) is 21.2. The van der Waals surface area contributed by atoms with Crippen LogP contribution in [0.25, 0.3) is 0 Å². The number of nitrogens with zero attached hydrogens (tertiary/aromatic N) is 3. The van der Waals surface area contributed by atoms with Gasteiger partial charge in [0.25, 0.3) is 0 Å². The van der Waals surface area contributed by atoms with E-state index >= 15 is 0 Å². The van der Waals surface area contributed by atoms with Crippen molar-refractivity contribution in [1.82, 2.24) is 14.7 Å². The van der Waals surface area contributed by atoms with Gasteiger partial charge in [-0.3, -0.25) is 0 Å². The van der Waals surface area contributed by atoms with Crippen molar-refractivity contribution in [1.29, 1.82) is 0 Å². The molecule has 3 heterocycles. The van der Waals surface area contributed by atoms with Crippen LogP contribution in [0.1, 0.15) is 110 Å². The smallest absolute Gasteiger partial charge is 0.303 e. The van der Waals surface area contributed by atoms with Gasteiger partial charge in [0.2, 0.25) is 0 Å². The van der Waals surface area contributed by atoms with E-state index in [0.717, 1.165) is 0 Å². The maximum atomic E-state index is 2.62. The molecular formula is C48H60N3Nd+3. The molecule has 0 aromatic heterocycles. The van der Waals surface area contributed by atoms with Gasteiger partial charge >= 0.3 is 40.8 Å². The second-order valence-electron chi connectivity index (χ2n) is 15.3. The van der Waals surface area contributed by atoms with Crippen LogP contribution in [0.4, 0.5) is 0 Å². The summed E-state index contributed by atoms with van der Waals surface area (Å²) < 4.78 is 0. The van der Waals surface area contributed by atoms with E-state index in [1.54, 1.807) is 0 Å². The molecule has 0 spiro atoms. The Labute approximate surface area is 351 Å². The second kappa shape index (κ2) is 21.8. The first-order chi connectivity index (χ1) is 25.3. The summed E-state index contributed by atoms with van der Waals surface area (Å²) in [6.07, 6.45) is 29.9. The number of fused-ring (bicyclic) bond motifs is 3. The number of benzene rings is 3. The van der Waals surface area contributed by atoms with Gasteiger partial charge in [0.05, 0.1) is 0 Å². The summed E-state index contributed by atoms with van der Waals surface area (Å²) >= 11 is 0. The van der Waals surface area contributed by atoms with Crippen LogP contribution in [0.5, 0.6) is 0 Å². The van der Waals surface area contributed by atoms with Gasteiger partial charge in [-0.1, -0.05) is 92.1 Å². The fourth-order valence-corrected chi connectivity index (χ4v) is 8.68. The molecule has 3 nitrogen and oxygen atoms in total. The molecule has 3 saturated heterocycles. The minimum Gasteiger partial charge on any atom is -0.303 e. The molecular weight excluding hydrogens is 763 g/mol. The van der Waals surface area contributed by atoms with E-state index < -0.39 is 0 Å². The first-order valence-electron chi connectivity index (χ1n) is 20.4. The predicted molar refractivity (Wildman–Crippen MR) is 214 cm³/mol. The van der Waals surface area contributed by atoms with Crippen LogP contribution < -0.4 is 0 Å². The van der Waals surface area contributed by atoms with Crippen molar-refractivity contribution in [2.24, 2.45) is 0 Å². The van der Waals surface area contributed by atoms with E-state index in [-0.39, 0.29) is 40.8 Å². The summed E-state index contributed by atoms with van der Waals surface area (Å²) in [4.78, 5) is 7.85. The maximum Gasteiger partial charge on any atom is 3.00 e. The first-order valence-corrected chi connectivity index (χ1v) is 20.4. The number of piperidine rings is 3. The van der Waals surface area contributed by atoms with Gasteiger partial charge in [0.1, 0.15) is 0 Å². The Morgan fingerprint density at radius 3 is 0.885 bits per heavy atom. The van der Waals surface area contributed by atoms with Crippen LogP contribution in [0.3, 0.4) is 0 Å². The number of likely N-dealkylation sites (tertiary alicyclic amines) is 3. The Bertz CT molecular complexity index is 1280. The molecule has 3 fully saturated rings. The Hall–Kier alpha value is -1.11. The Kier molecular flexibility index (Phi) is 17.0. The fourth-order valence-electron chi connectivity index (χ4n) is 8.68. The van der Waals surface area contributed by atoms with Gasteiger partial charge in [0, 0.05) is 17.8 Å². The topological polar surface area (TPSA) is 9.72 Å². The third-order valence-electron chi connectivity index (χ3n) is 11.8. The summed E-state index contributed by atoms with van der Waals surface area (Å²) in [5.74, 6) is 4.56. The first kappa shape index (κ1) is 40.6. The van der Waals surface area contributed by atoms with E-state index in [9.17, 15) is 0 Å². The predicted octanol–water partition coefficient (Wildman–Crippen LogP) is 9.77. The Morgan fingerprint density at radius 1 is 0.327 bits per heavy atom. The average Bonchev–Trinajstić information content (AvgIpc) is 3.94. The number of hydrogen-bond acceptors (Lipinski definition) is 3. The van der Waals surface area contributed by atoms with E-state index in [4.69, 9.17) is 0 Å². The summed E-state index contributed by atoms with van der Waals surface area (Å²) in [7, 11) is 0. The van der Waals surface area contributed by atoms with Crippen molar-refractivity contribution in [3.63, 3.8) is 0 Å². The molecule has 0 atom stereocenters. The summed E-state index contributed by atoms with van der Waals surface area (Å²) in [6, 6.07) is 26.2. The third-order valence-corrected chi connectivity index (χ3v) is 11.8. The minimum atomic E-state index is 0. The van der Waals surface area contributed by atoms with Gasteiger partial charge in [-0.25, -0.2) is 0 Å². The molecule has 3 aliphatic heterocycles. The van der Waals surface area contributed by atoms with Crippen molar-refractivity contribution < 1.29 is 40.8 Å². The quantitative estimate of drug-likeness (QED) is 0.213. The Balaban J connectivity index is 0.000000133. The van der Waals surface area contributed by atoms with Gasteiger partial charge in [-0.15, -0.1) is 0 Å². The molecule has 0 amide bonds. The van der Waals surface area contributed by atoms with Crippen LogP contribution >= 0.6 is 0 Å². The number of rotatable bonds is 9. The second-order valence-corrected chi connectivity index (χ2v) is 15.3. The average molecular weight is 823 g/mol. The summed E-state index contributed by atoms with van der Waals surface area (Å²) in [5, 5.41) is 0. The van der Waals surface area contributed by atoms with Crippen molar-refractivity contribution in [3.05, 3.63) is 162 Å². The van der Waals surface area contributed by atoms with Crippen LogP contribution in [-0.2, 0) is 0 Å². The van der Waals surface area contributed by atoms with E-state index in [2.05, 4.69) is 126 Å². The van der Waals surface area contributed by atoms with E-state index in [0.29, 0.717) is 0 Å². The molecule has 0 bridgehead atoms. The van der Waals surface area contributed by atoms with Crippen LogP contribution in [0.2, 0.25) is 0 Å². The zero-order chi connectivity index (χ0) is 34.5. The fraction of sp³-hybridized carbons (Fsp3) is 0.438. The van der Waals surface area contributed by atoms with E-state index in [1.807, 2.05) is 0 Å². The van der Waals surface area contributed by atoms with Gasteiger partial charge in [-0.05, 0) is 189 Å². The zero-order valence-electron chi connectivity index (χ0n) is 31.6. The van der Waals surface area contributed by atoms with Crippen molar-refractivity contribution in [2.45, 2.75) is 77.0 Å². The molecule has 0 N–H and O–H groups in total. The third kappa shape index (κ3) is 11.7. The van der Waals surface area contributed by atoms with Crippen molar-refractivity contribution in [2.75, 3.05) is 58.9 Å². The molecule has 0 saturated carbocycles. The van der Waals surface area contributed by atoms with Crippen LogP contribution in [0, 0.1) is 97.1 Å². The zero-order valence-corrected chi connectivity index (χ0v) is 34.8. The monoisotopic (exact) mass is 820 g/mol. The molecule has 52 heavy (non-hydrogen) atoms. The molecule has 3 aromatic rings. The minimum absolute atomic E-state index is 0. The van der Waals surface area contributed by atoms with Crippen molar-refractivity contribution >= 4 is 0 Å². The van der Waals surface area contributed by atoms with Gasteiger partial charge in [-0.2, -0.15) is 0 Å². The molecule has 10 radical (unpaired) electrons. The maximum absolute atomic E-state index is 2.62. The molecule has 6 aliphatic rings. The largest absolute Gasteiger partial charge is 3.00 e. The summed E-state index contributed by atoms with van der Waals surface area (Å²) in [6.45, 7) is 11.5. The van der Waals surface area contributed by atoms with Crippen LogP contribution in [0.15, 0.2) is 72.8 Å². The van der Waals surface area contributed by atoms with Gasteiger partial charge < -0.3 is 14.7 Å². The molecule has 9 rings (SSSR count). The Morgan fingerprint density at radius 2 is 0.596 bits per heavy atom. The van der Waals surface area contributed by atoms with Gasteiger partial charge in [0.15, 0.2) is 0 Å². The molecule has 0 unspecified atom stereocenters. The number of hydrogen-bond donors (Lipinski definition) is 0. The molecule has 4 heteroatoms. The SMILES string of the molecule is [CH]1[CH]c2ccccc2[C]1CCN1CCCCC1.[CH]1[CH]c2ccccc2[C]1CCN1CCCCC1.[CH]1[CH]c2ccccc2[C]1CCN1CCCCC1.[Nd+3].